The number of rotatable bonds is 4. The van der Waals surface area contributed by atoms with E-state index in [4.69, 9.17) is 0 Å². The molecular formula is C18H22N6OS. The monoisotopic (exact) mass is 370 g/mol. The number of thiophene rings is 1. The van der Waals surface area contributed by atoms with Gasteiger partial charge >= 0.3 is 0 Å². The molecule has 4 heterocycles. The van der Waals surface area contributed by atoms with Crippen LogP contribution in [0.5, 0.6) is 0 Å². The van der Waals surface area contributed by atoms with Gasteiger partial charge in [0, 0.05) is 54.6 Å². The fourth-order valence-corrected chi connectivity index (χ4v) is 4.20. The number of carbonyl (C=O) groups excluding carboxylic acids is 1. The zero-order valence-electron chi connectivity index (χ0n) is 15.1. The number of aryl methyl sites for hydroxylation is 2. The summed E-state index contributed by atoms with van der Waals surface area (Å²) in [7, 11) is 0. The summed E-state index contributed by atoms with van der Waals surface area (Å²) >= 11 is 1.79. The largest absolute Gasteiger partial charge is 0.340 e. The van der Waals surface area contributed by atoms with Crippen molar-refractivity contribution in [2.24, 2.45) is 0 Å². The third-order valence-corrected chi connectivity index (χ3v) is 5.86. The van der Waals surface area contributed by atoms with Gasteiger partial charge in [0.15, 0.2) is 0 Å². The maximum Gasteiger partial charge on any atom is 0.252 e. The van der Waals surface area contributed by atoms with E-state index in [1.165, 1.54) is 11.2 Å². The molecule has 3 aromatic heterocycles. The number of hydrogen-bond donors (Lipinski definition) is 0. The molecule has 136 valence electrons. The lowest BCUT2D eigenvalue weighted by atomic mass is 10.1. The predicted octanol–water partition coefficient (Wildman–Crippen LogP) is 1.69. The molecule has 0 spiro atoms. The van der Waals surface area contributed by atoms with Crippen molar-refractivity contribution < 1.29 is 4.79 Å². The molecule has 3 aromatic rings. The highest BCUT2D eigenvalue weighted by atomic mass is 32.1. The van der Waals surface area contributed by atoms with Gasteiger partial charge in [-0.25, -0.2) is 9.50 Å². The summed E-state index contributed by atoms with van der Waals surface area (Å²) in [5, 5.41) is 6.31. The van der Waals surface area contributed by atoms with Gasteiger partial charge in [-0.3, -0.25) is 9.69 Å². The molecule has 1 amide bonds. The van der Waals surface area contributed by atoms with Gasteiger partial charge in [-0.15, -0.1) is 11.3 Å². The Hall–Kier alpha value is -2.32. The van der Waals surface area contributed by atoms with Gasteiger partial charge in [0.1, 0.15) is 6.33 Å². The molecule has 0 aromatic carbocycles. The molecule has 26 heavy (non-hydrogen) atoms. The quantitative estimate of drug-likeness (QED) is 0.699. The van der Waals surface area contributed by atoms with Crippen LogP contribution in [0.15, 0.2) is 23.8 Å². The Morgan fingerprint density at radius 2 is 2.04 bits per heavy atom. The van der Waals surface area contributed by atoms with E-state index in [0.717, 1.165) is 49.7 Å². The van der Waals surface area contributed by atoms with Crippen molar-refractivity contribution in [2.45, 2.75) is 26.8 Å². The predicted molar refractivity (Wildman–Crippen MR) is 100 cm³/mol. The third kappa shape index (κ3) is 3.34. The molecule has 0 atom stereocenters. The summed E-state index contributed by atoms with van der Waals surface area (Å²) in [4.78, 5) is 27.2. The highest BCUT2D eigenvalue weighted by Crippen LogP contribution is 2.17. The summed E-state index contributed by atoms with van der Waals surface area (Å²) in [6.07, 6.45) is 1.86. The van der Waals surface area contributed by atoms with Gasteiger partial charge in [-0.05, 0) is 25.3 Å². The van der Waals surface area contributed by atoms with Crippen LogP contribution in [0.4, 0.5) is 0 Å². The number of piperazine rings is 1. The first-order chi connectivity index (χ1) is 12.6. The first kappa shape index (κ1) is 17.1. The van der Waals surface area contributed by atoms with Crippen LogP contribution in [0.3, 0.4) is 0 Å². The lowest BCUT2D eigenvalue weighted by Crippen LogP contribution is -2.48. The molecule has 0 aliphatic carbocycles. The number of fused-ring (bicyclic) bond motifs is 1. The topological polar surface area (TPSA) is 66.6 Å². The summed E-state index contributed by atoms with van der Waals surface area (Å²) in [5.41, 5.74) is 2.75. The number of hydrogen-bond acceptors (Lipinski definition) is 6. The van der Waals surface area contributed by atoms with Crippen LogP contribution in [-0.2, 0) is 17.8 Å². The molecule has 1 saturated heterocycles. The van der Waals surface area contributed by atoms with E-state index in [2.05, 4.69) is 37.5 Å². The Kier molecular flexibility index (Phi) is 4.69. The number of carbonyl (C=O) groups is 1. The maximum atomic E-state index is 12.8. The van der Waals surface area contributed by atoms with Crippen molar-refractivity contribution in [3.63, 3.8) is 0 Å². The Labute approximate surface area is 156 Å². The highest BCUT2D eigenvalue weighted by Gasteiger charge is 2.23. The Balaban J connectivity index is 1.40. The lowest BCUT2D eigenvalue weighted by molar-refractivity contribution is -0.132. The first-order valence-corrected chi connectivity index (χ1v) is 9.68. The van der Waals surface area contributed by atoms with Crippen LogP contribution in [0.25, 0.3) is 5.78 Å². The minimum atomic E-state index is 0.160. The summed E-state index contributed by atoms with van der Waals surface area (Å²) < 4.78 is 1.70. The molecule has 8 heteroatoms. The minimum Gasteiger partial charge on any atom is -0.340 e. The Morgan fingerprint density at radius 3 is 2.77 bits per heavy atom. The molecule has 0 bridgehead atoms. The van der Waals surface area contributed by atoms with Gasteiger partial charge in [0.2, 0.25) is 5.91 Å². The van der Waals surface area contributed by atoms with Crippen LogP contribution in [-0.4, -0.2) is 61.5 Å². The van der Waals surface area contributed by atoms with Gasteiger partial charge in [0.05, 0.1) is 6.42 Å². The van der Waals surface area contributed by atoms with E-state index in [1.54, 1.807) is 15.9 Å². The second-order valence-corrected chi connectivity index (χ2v) is 7.68. The lowest BCUT2D eigenvalue weighted by Gasteiger charge is -2.34. The van der Waals surface area contributed by atoms with Crippen molar-refractivity contribution in [1.29, 1.82) is 0 Å². The van der Waals surface area contributed by atoms with Crippen LogP contribution in [0.1, 0.15) is 21.8 Å². The molecule has 0 radical (unpaired) electrons. The SMILES string of the molecule is Cc1nc2ncnn2c(C)c1CC(=O)N1CCN(Cc2cccs2)CC1. The van der Waals surface area contributed by atoms with Gasteiger partial charge in [-0.1, -0.05) is 6.07 Å². The number of nitrogens with zero attached hydrogens (tertiary/aromatic N) is 6. The molecule has 0 unspecified atom stereocenters. The van der Waals surface area contributed by atoms with E-state index in [9.17, 15) is 4.79 Å². The molecular weight excluding hydrogens is 348 g/mol. The average Bonchev–Trinajstić information content (AvgIpc) is 3.31. The van der Waals surface area contributed by atoms with E-state index in [-0.39, 0.29) is 5.91 Å². The van der Waals surface area contributed by atoms with E-state index in [0.29, 0.717) is 12.2 Å². The second kappa shape index (κ2) is 7.13. The van der Waals surface area contributed by atoms with Crippen molar-refractivity contribution in [3.05, 3.63) is 45.7 Å². The molecule has 4 rings (SSSR count). The van der Waals surface area contributed by atoms with Crippen molar-refractivity contribution >= 4 is 23.0 Å². The standard InChI is InChI=1S/C18H22N6OS/c1-13-16(14(2)24-18(21-13)19-12-20-24)10-17(25)23-7-5-22(6-8-23)11-15-4-3-9-26-15/h3-4,9,12H,5-8,10-11H2,1-2H3. The van der Waals surface area contributed by atoms with E-state index < -0.39 is 0 Å². The van der Waals surface area contributed by atoms with Crippen LogP contribution < -0.4 is 0 Å². The van der Waals surface area contributed by atoms with Crippen molar-refractivity contribution in [1.82, 2.24) is 29.4 Å². The Bertz CT molecular complexity index is 911. The first-order valence-electron chi connectivity index (χ1n) is 8.80. The average molecular weight is 370 g/mol. The van der Waals surface area contributed by atoms with Crippen molar-refractivity contribution in [2.75, 3.05) is 26.2 Å². The van der Waals surface area contributed by atoms with E-state index in [1.807, 2.05) is 18.7 Å². The highest BCUT2D eigenvalue weighted by molar-refractivity contribution is 7.09. The molecule has 1 aliphatic rings. The van der Waals surface area contributed by atoms with Gasteiger partial charge in [0.25, 0.3) is 5.78 Å². The zero-order chi connectivity index (χ0) is 18.1. The zero-order valence-corrected chi connectivity index (χ0v) is 15.9. The summed E-state index contributed by atoms with van der Waals surface area (Å²) in [6.45, 7) is 8.28. The smallest absolute Gasteiger partial charge is 0.252 e. The van der Waals surface area contributed by atoms with Gasteiger partial charge < -0.3 is 4.90 Å². The number of aromatic nitrogens is 4. The maximum absolute atomic E-state index is 12.8. The van der Waals surface area contributed by atoms with Gasteiger partial charge in [-0.2, -0.15) is 10.1 Å². The van der Waals surface area contributed by atoms with Crippen LogP contribution >= 0.6 is 11.3 Å². The van der Waals surface area contributed by atoms with Crippen LogP contribution in [0, 0.1) is 13.8 Å². The van der Waals surface area contributed by atoms with Crippen molar-refractivity contribution in [3.8, 4) is 0 Å². The molecule has 1 aliphatic heterocycles. The fourth-order valence-electron chi connectivity index (χ4n) is 3.45. The fraction of sp³-hybridized carbons (Fsp3) is 0.444. The normalized spacial score (nSPS) is 15.7. The Morgan fingerprint density at radius 1 is 1.23 bits per heavy atom. The molecule has 0 saturated carbocycles. The minimum absolute atomic E-state index is 0.160. The molecule has 0 N–H and O–H groups in total. The molecule has 7 nitrogen and oxygen atoms in total. The number of amides is 1. The second-order valence-electron chi connectivity index (χ2n) is 6.65. The van der Waals surface area contributed by atoms with E-state index >= 15 is 0 Å². The van der Waals surface area contributed by atoms with Crippen LogP contribution in [0.2, 0.25) is 0 Å². The third-order valence-electron chi connectivity index (χ3n) is 5.00. The summed E-state index contributed by atoms with van der Waals surface area (Å²) in [6, 6.07) is 4.26. The molecule has 1 fully saturated rings. The summed E-state index contributed by atoms with van der Waals surface area (Å²) in [5.74, 6) is 0.742.